The number of pyridine rings is 1. The van der Waals surface area contributed by atoms with E-state index in [0.29, 0.717) is 5.56 Å². The van der Waals surface area contributed by atoms with E-state index in [9.17, 15) is 22.4 Å². The Morgan fingerprint density at radius 2 is 1.90 bits per heavy atom. The van der Waals surface area contributed by atoms with E-state index < -0.39 is 23.5 Å². The summed E-state index contributed by atoms with van der Waals surface area (Å²) in [6.45, 7) is 5.45. The summed E-state index contributed by atoms with van der Waals surface area (Å²) in [5, 5.41) is 6.42. The molecule has 0 aliphatic carbocycles. The van der Waals surface area contributed by atoms with Crippen LogP contribution in [0, 0.1) is 12.7 Å². The number of hydrogen-bond acceptors (Lipinski definition) is 3. The average Bonchev–Trinajstić information content (AvgIpc) is 3.11. The highest BCUT2D eigenvalue weighted by molar-refractivity contribution is 6.03. The number of hydrogen-bond donors (Lipinski definition) is 1. The minimum absolute atomic E-state index is 0.0502. The molecule has 0 fully saturated rings. The predicted molar refractivity (Wildman–Crippen MR) is 101 cm³/mol. The quantitative estimate of drug-likeness (QED) is 0.613. The highest BCUT2D eigenvalue weighted by Gasteiger charge is 2.33. The maximum atomic E-state index is 13.6. The average molecular weight is 408 g/mol. The number of carbonyl (C=O) groups excluding carboxylic acids is 1. The van der Waals surface area contributed by atoms with Gasteiger partial charge in [-0.2, -0.15) is 18.3 Å². The fourth-order valence-corrected chi connectivity index (χ4v) is 2.53. The molecule has 3 rings (SSSR count). The van der Waals surface area contributed by atoms with Gasteiger partial charge in [0.15, 0.2) is 11.6 Å². The van der Waals surface area contributed by atoms with Crippen molar-refractivity contribution in [2.75, 3.05) is 5.32 Å². The van der Waals surface area contributed by atoms with Gasteiger partial charge in [-0.05, 0) is 24.6 Å². The van der Waals surface area contributed by atoms with Crippen LogP contribution < -0.4 is 5.32 Å². The van der Waals surface area contributed by atoms with Crippen LogP contribution >= 0.6 is 0 Å². The molecule has 0 unspecified atom stereocenters. The van der Waals surface area contributed by atoms with E-state index in [4.69, 9.17) is 0 Å². The van der Waals surface area contributed by atoms with Crippen molar-refractivity contribution >= 4 is 11.7 Å². The van der Waals surface area contributed by atoms with Crippen LogP contribution in [-0.2, 0) is 12.7 Å². The van der Waals surface area contributed by atoms with E-state index in [2.05, 4.69) is 15.4 Å². The van der Waals surface area contributed by atoms with Gasteiger partial charge in [-0.3, -0.25) is 14.5 Å². The van der Waals surface area contributed by atoms with Crippen molar-refractivity contribution < 1.29 is 22.4 Å². The van der Waals surface area contributed by atoms with Crippen molar-refractivity contribution in [1.29, 1.82) is 0 Å². The summed E-state index contributed by atoms with van der Waals surface area (Å²) in [5.41, 5.74) is -0.395. The van der Waals surface area contributed by atoms with Crippen LogP contribution in [-0.4, -0.2) is 20.7 Å². The molecule has 2 heterocycles. The molecule has 0 aliphatic heterocycles. The molecule has 1 aromatic carbocycles. The Balaban J connectivity index is 0.00000145. The molecule has 1 amide bonds. The lowest BCUT2D eigenvalue weighted by atomic mass is 10.0. The van der Waals surface area contributed by atoms with Crippen LogP contribution in [0.25, 0.3) is 0 Å². The van der Waals surface area contributed by atoms with Gasteiger partial charge in [0.2, 0.25) is 0 Å². The summed E-state index contributed by atoms with van der Waals surface area (Å²) < 4.78 is 54.5. The van der Waals surface area contributed by atoms with Crippen molar-refractivity contribution in [2.24, 2.45) is 0 Å². The maximum Gasteiger partial charge on any atom is 0.416 e. The number of nitrogens with zero attached hydrogens (tertiary/aromatic N) is 3. The molecule has 29 heavy (non-hydrogen) atoms. The fraction of sp³-hybridized carbons (Fsp3) is 0.250. The topological polar surface area (TPSA) is 59.8 Å². The molecule has 0 saturated carbocycles. The Morgan fingerprint density at radius 1 is 1.17 bits per heavy atom. The van der Waals surface area contributed by atoms with Gasteiger partial charge < -0.3 is 5.32 Å². The third-order valence-corrected chi connectivity index (χ3v) is 3.80. The molecule has 0 atom stereocenters. The van der Waals surface area contributed by atoms with Crippen LogP contribution in [0.5, 0.6) is 0 Å². The number of alkyl halides is 3. The number of nitrogens with one attached hydrogen (secondary N) is 1. The first-order valence-electron chi connectivity index (χ1n) is 8.85. The molecular formula is C20H20F4N4O. The van der Waals surface area contributed by atoms with E-state index in [1.807, 2.05) is 13.8 Å². The van der Waals surface area contributed by atoms with Crippen molar-refractivity contribution in [3.8, 4) is 0 Å². The lowest BCUT2D eigenvalue weighted by molar-refractivity contribution is -0.138. The summed E-state index contributed by atoms with van der Waals surface area (Å²) in [6, 6.07) is 6.68. The number of rotatable bonds is 4. The van der Waals surface area contributed by atoms with Crippen LogP contribution in [0.4, 0.5) is 23.4 Å². The van der Waals surface area contributed by atoms with Gasteiger partial charge in [0.1, 0.15) is 0 Å². The largest absolute Gasteiger partial charge is 0.416 e. The summed E-state index contributed by atoms with van der Waals surface area (Å²) in [7, 11) is 0. The Labute approximate surface area is 165 Å². The second kappa shape index (κ2) is 9.31. The summed E-state index contributed by atoms with van der Waals surface area (Å²) in [5.74, 6) is -1.42. The molecule has 1 N–H and O–H groups in total. The van der Waals surface area contributed by atoms with Crippen molar-refractivity contribution in [3.05, 3.63) is 77.0 Å². The smallest absolute Gasteiger partial charge is 0.305 e. The second-order valence-corrected chi connectivity index (χ2v) is 5.87. The Morgan fingerprint density at radius 3 is 2.55 bits per heavy atom. The number of aromatic nitrogens is 3. The SMILES string of the molecule is CC.Cc1ccc(Cn2ccc(NC(=O)c3ccncc3F)n2)c(C(F)(F)F)c1. The molecule has 0 aliphatic rings. The Bertz CT molecular complexity index is 983. The zero-order valence-corrected chi connectivity index (χ0v) is 16.1. The molecule has 0 spiro atoms. The van der Waals surface area contributed by atoms with Gasteiger partial charge in [-0.15, -0.1) is 0 Å². The molecule has 154 valence electrons. The minimum Gasteiger partial charge on any atom is -0.305 e. The predicted octanol–water partition coefficient (Wildman–Crippen LogP) is 5.07. The van der Waals surface area contributed by atoms with E-state index in [1.54, 1.807) is 13.0 Å². The molecule has 9 heteroatoms. The van der Waals surface area contributed by atoms with E-state index in [0.717, 1.165) is 12.3 Å². The zero-order chi connectivity index (χ0) is 21.6. The number of carbonyl (C=O) groups is 1. The molecule has 0 saturated heterocycles. The Hall–Kier alpha value is -3.23. The lowest BCUT2D eigenvalue weighted by Gasteiger charge is -2.13. The standard InChI is InChI=1S/C18H14F4N4O.C2H6/c1-11-2-3-12(14(8-11)18(20,21)22)10-26-7-5-16(25-26)24-17(27)13-4-6-23-9-15(13)19;1-2/h2-9H,10H2,1H3,(H,24,25,27);1-2H3. The molecule has 0 bridgehead atoms. The lowest BCUT2D eigenvalue weighted by Crippen LogP contribution is -2.15. The van der Waals surface area contributed by atoms with Gasteiger partial charge >= 0.3 is 6.18 Å². The number of amides is 1. The molecule has 3 aromatic rings. The first kappa shape index (κ1) is 22.1. The Kier molecular flexibility index (Phi) is 7.08. The zero-order valence-electron chi connectivity index (χ0n) is 16.1. The van der Waals surface area contributed by atoms with Gasteiger partial charge in [-0.1, -0.05) is 31.5 Å². The van der Waals surface area contributed by atoms with Crippen LogP contribution in [0.3, 0.4) is 0 Å². The van der Waals surface area contributed by atoms with E-state index in [1.165, 1.54) is 35.3 Å². The van der Waals surface area contributed by atoms with Crippen LogP contribution in [0.15, 0.2) is 48.9 Å². The third-order valence-electron chi connectivity index (χ3n) is 3.80. The van der Waals surface area contributed by atoms with Crippen LogP contribution in [0.2, 0.25) is 0 Å². The van der Waals surface area contributed by atoms with Gasteiger partial charge in [0.25, 0.3) is 5.91 Å². The molecule has 0 radical (unpaired) electrons. The van der Waals surface area contributed by atoms with Gasteiger partial charge in [-0.25, -0.2) is 4.39 Å². The molecule has 2 aromatic heterocycles. The summed E-state index contributed by atoms with van der Waals surface area (Å²) >= 11 is 0. The normalized spacial score (nSPS) is 10.9. The number of anilines is 1. The van der Waals surface area contributed by atoms with E-state index >= 15 is 0 Å². The van der Waals surface area contributed by atoms with Crippen LogP contribution in [0.1, 0.15) is 40.9 Å². The fourth-order valence-electron chi connectivity index (χ4n) is 2.53. The van der Waals surface area contributed by atoms with Crippen molar-refractivity contribution in [1.82, 2.24) is 14.8 Å². The summed E-state index contributed by atoms with van der Waals surface area (Å²) in [4.78, 5) is 15.6. The highest BCUT2D eigenvalue weighted by atomic mass is 19.4. The first-order valence-corrected chi connectivity index (χ1v) is 8.85. The summed E-state index contributed by atoms with van der Waals surface area (Å²) in [6.07, 6.45) is -0.876. The number of aryl methyl sites for hydroxylation is 1. The highest BCUT2D eigenvalue weighted by Crippen LogP contribution is 2.33. The molecule has 5 nitrogen and oxygen atoms in total. The second-order valence-electron chi connectivity index (χ2n) is 5.87. The first-order chi connectivity index (χ1) is 13.7. The van der Waals surface area contributed by atoms with Gasteiger partial charge in [0, 0.05) is 18.5 Å². The molecular weight excluding hydrogens is 388 g/mol. The third kappa shape index (κ3) is 5.63. The monoisotopic (exact) mass is 408 g/mol. The van der Waals surface area contributed by atoms with E-state index in [-0.39, 0.29) is 23.5 Å². The number of halogens is 4. The number of benzene rings is 1. The maximum absolute atomic E-state index is 13.6. The minimum atomic E-state index is -4.48. The van der Waals surface area contributed by atoms with Crippen molar-refractivity contribution in [3.63, 3.8) is 0 Å². The van der Waals surface area contributed by atoms with Gasteiger partial charge in [0.05, 0.1) is 23.9 Å². The van der Waals surface area contributed by atoms with Crippen molar-refractivity contribution in [2.45, 2.75) is 33.5 Å².